The highest BCUT2D eigenvalue weighted by Gasteiger charge is 2.48. The first kappa shape index (κ1) is 23.2. The van der Waals surface area contributed by atoms with Crippen molar-refractivity contribution in [3.63, 3.8) is 0 Å². The van der Waals surface area contributed by atoms with Gasteiger partial charge in [-0.2, -0.15) is 5.10 Å². The molecule has 0 unspecified atom stereocenters. The topological polar surface area (TPSA) is 68.4 Å². The Morgan fingerprint density at radius 1 is 0.684 bits per heavy atom. The van der Waals surface area contributed by atoms with Crippen molar-refractivity contribution in [1.29, 1.82) is 0 Å². The maximum absolute atomic E-state index is 14.3. The molecular formula is C32H32N4O2. The largest absolute Gasteiger partial charge is 0.304 e. The van der Waals surface area contributed by atoms with Gasteiger partial charge in [-0.3, -0.25) is 19.6 Å². The lowest BCUT2D eigenvalue weighted by molar-refractivity contribution is -0.0429. The summed E-state index contributed by atoms with van der Waals surface area (Å²) in [5.74, 6) is 3.52. The first-order valence-corrected chi connectivity index (χ1v) is 13.8. The van der Waals surface area contributed by atoms with Gasteiger partial charge in [-0.15, -0.1) is 0 Å². The minimum atomic E-state index is -0.426. The zero-order valence-corrected chi connectivity index (χ0v) is 21.4. The number of hydrogen-bond donors (Lipinski definition) is 1. The quantitative estimate of drug-likeness (QED) is 0.382. The summed E-state index contributed by atoms with van der Waals surface area (Å²) in [5.41, 5.74) is 5.13. The van der Waals surface area contributed by atoms with Crippen LogP contribution in [0.2, 0.25) is 0 Å². The molecule has 4 saturated carbocycles. The fourth-order valence-corrected chi connectivity index (χ4v) is 7.72. The van der Waals surface area contributed by atoms with Crippen LogP contribution in [-0.4, -0.2) is 9.13 Å². The van der Waals surface area contributed by atoms with Crippen molar-refractivity contribution in [1.82, 2.24) is 9.13 Å². The van der Waals surface area contributed by atoms with Gasteiger partial charge in [-0.1, -0.05) is 48.5 Å². The van der Waals surface area contributed by atoms with E-state index in [-0.39, 0.29) is 10.9 Å². The van der Waals surface area contributed by atoms with Gasteiger partial charge < -0.3 is 4.57 Å². The van der Waals surface area contributed by atoms with E-state index in [2.05, 4.69) is 10.5 Å². The van der Waals surface area contributed by atoms with Crippen LogP contribution in [0.5, 0.6) is 0 Å². The Hall–Kier alpha value is -3.93. The highest BCUT2D eigenvalue weighted by Crippen LogP contribution is 2.56. The van der Waals surface area contributed by atoms with Crippen LogP contribution in [0.3, 0.4) is 0 Å². The molecule has 0 spiro atoms. The molecule has 4 aliphatic carbocycles. The lowest BCUT2D eigenvalue weighted by Gasteiger charge is -2.54. The Morgan fingerprint density at radius 2 is 1.26 bits per heavy atom. The fraction of sp³-hybridized carbons (Fsp3) is 0.344. The predicted octanol–water partition coefficient (Wildman–Crippen LogP) is 5.15. The van der Waals surface area contributed by atoms with Crippen molar-refractivity contribution < 1.29 is 0 Å². The Bertz CT molecular complexity index is 1650. The van der Waals surface area contributed by atoms with E-state index in [9.17, 15) is 9.59 Å². The van der Waals surface area contributed by atoms with Gasteiger partial charge in [0.25, 0.3) is 11.1 Å². The molecule has 4 fully saturated rings. The van der Waals surface area contributed by atoms with E-state index < -0.39 is 5.56 Å². The molecule has 0 amide bonds. The minimum Gasteiger partial charge on any atom is -0.304 e. The zero-order valence-electron chi connectivity index (χ0n) is 21.4. The number of nitrogens with one attached hydrogen (secondary N) is 1. The Morgan fingerprint density at radius 3 is 1.92 bits per heavy atom. The average molecular weight is 505 g/mol. The molecule has 1 N–H and O–H groups in total. The summed E-state index contributed by atoms with van der Waals surface area (Å²) < 4.78 is 3.49. The lowest BCUT2D eigenvalue weighted by Crippen LogP contribution is -2.49. The van der Waals surface area contributed by atoms with E-state index in [1.165, 1.54) is 32.1 Å². The number of hydrogen-bond acceptors (Lipinski definition) is 4. The number of anilines is 1. The second-order valence-electron chi connectivity index (χ2n) is 11.4. The van der Waals surface area contributed by atoms with Crippen molar-refractivity contribution in [3.8, 4) is 5.69 Å². The minimum absolute atomic E-state index is 0.0993. The van der Waals surface area contributed by atoms with E-state index >= 15 is 0 Å². The van der Waals surface area contributed by atoms with Crippen LogP contribution in [0.1, 0.15) is 32.1 Å². The molecule has 38 heavy (non-hydrogen) atoms. The van der Waals surface area contributed by atoms with E-state index in [1.807, 2.05) is 89.5 Å². The summed E-state index contributed by atoms with van der Waals surface area (Å²) in [5, 5.41) is 4.35. The molecular weight excluding hydrogens is 472 g/mol. The second kappa shape index (κ2) is 9.43. The molecule has 4 aromatic rings. The van der Waals surface area contributed by atoms with Gasteiger partial charge in [0.1, 0.15) is 0 Å². The van der Waals surface area contributed by atoms with Crippen LogP contribution in [0.25, 0.3) is 16.7 Å². The highest BCUT2D eigenvalue weighted by molar-refractivity contribution is 5.76. The molecule has 8 rings (SSSR count). The van der Waals surface area contributed by atoms with Gasteiger partial charge >= 0.3 is 0 Å². The van der Waals surface area contributed by atoms with E-state index in [0.717, 1.165) is 23.0 Å². The van der Waals surface area contributed by atoms with Crippen LogP contribution in [-0.2, 0) is 6.54 Å². The molecule has 4 aliphatic rings. The van der Waals surface area contributed by atoms with E-state index in [4.69, 9.17) is 0 Å². The van der Waals surface area contributed by atoms with Crippen molar-refractivity contribution in [3.05, 3.63) is 111 Å². The highest BCUT2D eigenvalue weighted by atomic mass is 16.1. The van der Waals surface area contributed by atoms with Gasteiger partial charge in [0.05, 0.1) is 16.7 Å². The molecule has 6 heteroatoms. The van der Waals surface area contributed by atoms with Gasteiger partial charge in [0.2, 0.25) is 5.36 Å². The van der Waals surface area contributed by atoms with Gasteiger partial charge in [-0.05, 0) is 98.1 Å². The van der Waals surface area contributed by atoms with Crippen LogP contribution in [0.4, 0.5) is 5.69 Å². The van der Waals surface area contributed by atoms with Crippen LogP contribution in [0.15, 0.2) is 99.6 Å². The Kier molecular flexibility index (Phi) is 5.76. The monoisotopic (exact) mass is 504 g/mol. The van der Waals surface area contributed by atoms with Gasteiger partial charge in [-0.25, -0.2) is 0 Å². The third-order valence-electron chi connectivity index (χ3n) is 9.17. The van der Waals surface area contributed by atoms with Crippen molar-refractivity contribution in [2.24, 2.45) is 34.7 Å². The summed E-state index contributed by atoms with van der Waals surface area (Å²) in [7, 11) is 0. The smallest absolute Gasteiger partial charge is 0.289 e. The zero-order chi connectivity index (χ0) is 25.6. The summed E-state index contributed by atoms with van der Waals surface area (Å²) in [6.45, 7) is 0.630. The molecule has 1 heterocycles. The number of para-hydroxylation sites is 4. The maximum atomic E-state index is 14.3. The van der Waals surface area contributed by atoms with Crippen LogP contribution < -0.4 is 21.9 Å². The standard InChI is InChI=1S/C32H32N4O2/c37-31-30(34-33-25-9-3-1-4-10-25)32(38)36(26-11-5-2-6-12-26)29-14-8-7-13-28(29)35(31)20-27-23-16-21-15-22(18-23)19-24(27)17-21/h1-14,21-24,27,33H,15-20H2. The SMILES string of the molecule is O=c1c(=NNc2ccccc2)c(=O)n(-c2ccccc2)c2ccccc2n1CC1C2CC3CC(C2)CC1C3. The molecule has 192 valence electrons. The molecule has 3 aromatic carbocycles. The van der Waals surface area contributed by atoms with Gasteiger partial charge in [0, 0.05) is 12.2 Å². The summed E-state index contributed by atoms with van der Waals surface area (Å²) in [6, 6.07) is 26.8. The first-order chi connectivity index (χ1) is 18.7. The molecule has 0 saturated heterocycles. The third-order valence-corrected chi connectivity index (χ3v) is 9.17. The Balaban J connectivity index is 1.47. The summed E-state index contributed by atoms with van der Waals surface area (Å²) in [6.07, 6.45) is 6.54. The fourth-order valence-electron chi connectivity index (χ4n) is 7.72. The molecule has 4 bridgehead atoms. The van der Waals surface area contributed by atoms with Crippen LogP contribution >= 0.6 is 0 Å². The Labute approximate surface area is 221 Å². The number of rotatable bonds is 5. The summed E-state index contributed by atoms with van der Waals surface area (Å²) >= 11 is 0. The predicted molar refractivity (Wildman–Crippen MR) is 150 cm³/mol. The van der Waals surface area contributed by atoms with Crippen molar-refractivity contribution in [2.45, 2.75) is 38.6 Å². The molecule has 1 aromatic heterocycles. The van der Waals surface area contributed by atoms with Gasteiger partial charge in [0.15, 0.2) is 0 Å². The van der Waals surface area contributed by atoms with Crippen molar-refractivity contribution in [2.75, 3.05) is 5.43 Å². The van der Waals surface area contributed by atoms with E-state index in [0.29, 0.717) is 35.5 Å². The third kappa shape index (κ3) is 3.99. The first-order valence-electron chi connectivity index (χ1n) is 13.8. The average Bonchev–Trinajstić information content (AvgIpc) is 3.02. The molecule has 0 aliphatic heterocycles. The second-order valence-corrected chi connectivity index (χ2v) is 11.4. The molecule has 0 radical (unpaired) electrons. The summed E-state index contributed by atoms with van der Waals surface area (Å²) in [4.78, 5) is 28.4. The van der Waals surface area contributed by atoms with Crippen LogP contribution in [0, 0.1) is 29.6 Å². The molecule has 6 nitrogen and oxygen atoms in total. The molecule has 0 atom stereocenters. The lowest BCUT2D eigenvalue weighted by atomic mass is 9.52. The maximum Gasteiger partial charge on any atom is 0.289 e. The number of benzene rings is 3. The van der Waals surface area contributed by atoms with E-state index in [1.54, 1.807) is 4.57 Å². The normalized spacial score (nSPS) is 26.1. The van der Waals surface area contributed by atoms with Crippen molar-refractivity contribution >= 4 is 16.7 Å². The number of nitrogens with zero attached hydrogens (tertiary/aromatic N) is 3. The number of fused-ring (bicyclic) bond motifs is 1. The number of aromatic nitrogens is 2.